The molecule has 1 saturated heterocycles. The number of oxime groups is 1. The number of nitrogen functional groups attached to an aromatic ring is 1. The van der Waals surface area contributed by atoms with E-state index in [0.29, 0.717) is 23.1 Å². The topological polar surface area (TPSA) is 284 Å². The Kier molecular flexibility index (Phi) is 10.4. The average Bonchev–Trinajstić information content (AvgIpc) is 3.38. The van der Waals surface area contributed by atoms with Crippen molar-refractivity contribution in [2.75, 3.05) is 5.73 Å². The summed E-state index contributed by atoms with van der Waals surface area (Å²) in [6, 6.07) is 4.25. The second-order valence-electron chi connectivity index (χ2n) is 13.1. The largest absolute Gasteiger partial charge is 0.485 e. The van der Waals surface area contributed by atoms with Crippen molar-refractivity contribution in [2.24, 2.45) is 21.6 Å². The third-order valence-corrected chi connectivity index (χ3v) is 10.1. The number of amides is 2. The summed E-state index contributed by atoms with van der Waals surface area (Å²) < 4.78 is 41.8. The molecule has 5 rings (SSSR count). The first kappa shape index (κ1) is 36.9. The number of nitrogens with two attached hydrogens (primary N) is 3. The smallest absolute Gasteiger partial charge is 0.418 e. The first-order valence-corrected chi connectivity index (χ1v) is 18.0. The zero-order chi connectivity index (χ0) is 36.6. The van der Waals surface area contributed by atoms with Crippen LogP contribution >= 0.6 is 11.3 Å². The van der Waals surface area contributed by atoms with Crippen molar-refractivity contribution in [1.29, 1.82) is 0 Å². The van der Waals surface area contributed by atoms with Crippen LogP contribution in [0.5, 0.6) is 5.75 Å². The van der Waals surface area contributed by atoms with Gasteiger partial charge in [-0.15, -0.1) is 15.6 Å². The van der Waals surface area contributed by atoms with Crippen molar-refractivity contribution < 1.29 is 46.3 Å². The lowest BCUT2D eigenvalue weighted by Gasteiger charge is -2.50. The number of thiazole rings is 1. The molecule has 1 aromatic carbocycles. The van der Waals surface area contributed by atoms with Gasteiger partial charge in [0.15, 0.2) is 16.9 Å². The van der Waals surface area contributed by atoms with Gasteiger partial charge in [0.05, 0.1) is 11.6 Å². The molecular weight excluding hydrogens is 697 g/mol. The summed E-state index contributed by atoms with van der Waals surface area (Å²) in [5.74, 6) is -2.62. The second kappa shape index (κ2) is 14.1. The van der Waals surface area contributed by atoms with E-state index in [1.807, 2.05) is 6.07 Å². The number of nitrogens with zero attached hydrogens (tertiary/aromatic N) is 4. The third-order valence-electron chi connectivity index (χ3n) is 9.07. The van der Waals surface area contributed by atoms with Crippen LogP contribution in [0.25, 0.3) is 0 Å². The van der Waals surface area contributed by atoms with Crippen molar-refractivity contribution in [3.05, 3.63) is 40.4 Å². The van der Waals surface area contributed by atoms with E-state index in [4.69, 9.17) is 36.3 Å². The molecule has 0 bridgehead atoms. The molecule has 3 heterocycles. The summed E-state index contributed by atoms with van der Waals surface area (Å²) in [5, 5.41) is 18.4. The highest BCUT2D eigenvalue weighted by molar-refractivity contribution is 7.80. The third kappa shape index (κ3) is 7.83. The number of aromatic nitrogens is 1. The minimum atomic E-state index is -5.03. The number of hydrogen-bond acceptors (Lipinski definition) is 14. The number of ether oxygens (including phenoxy) is 1. The Labute approximate surface area is 291 Å². The number of amidine groups is 1. The fraction of sp³-hybridized carbons (Fsp3) is 0.533. The Bertz CT molecular complexity index is 1830. The SMILES string of the molecule is CC(ON=C(C(=O)NC1C(=O)N(OS(=O)(=O)O)C1(C)C)c1csc(N)n1)(C(=O)O)C1CCc2cc(C(N)=N[C@H]3CCC[C@@H](N)CC3)ccc2O1. The number of benzene rings is 1. The van der Waals surface area contributed by atoms with Gasteiger partial charge in [-0.2, -0.15) is 13.5 Å². The highest BCUT2D eigenvalue weighted by Gasteiger charge is 2.58. The number of anilines is 1. The number of nitrogens with one attached hydrogen (secondary N) is 1. The number of carboxylic acids is 1. The molecular formula is C30H40N8O10S2. The molecule has 1 aliphatic carbocycles. The number of carbonyl (C=O) groups is 3. The fourth-order valence-corrected chi connectivity index (χ4v) is 7.04. The molecule has 0 spiro atoms. The number of hydrogen-bond donors (Lipinski definition) is 6. The molecule has 2 amide bonds. The zero-order valence-corrected chi connectivity index (χ0v) is 29.2. The van der Waals surface area contributed by atoms with E-state index in [0.717, 1.165) is 54.6 Å². The lowest BCUT2D eigenvalue weighted by Crippen LogP contribution is -2.76. The Morgan fingerprint density at radius 3 is 2.60 bits per heavy atom. The fourth-order valence-electron chi connectivity index (χ4n) is 6.04. The number of carbonyl (C=O) groups excluding carboxylic acids is 2. The summed E-state index contributed by atoms with van der Waals surface area (Å²) in [6.07, 6.45) is 4.19. The Hall–Kier alpha value is -4.37. The number of aryl methyl sites for hydroxylation is 1. The first-order valence-electron chi connectivity index (χ1n) is 15.8. The van der Waals surface area contributed by atoms with Crippen LogP contribution in [0, 0.1) is 0 Å². The van der Waals surface area contributed by atoms with Crippen LogP contribution in [0.2, 0.25) is 0 Å². The predicted octanol–water partition coefficient (Wildman–Crippen LogP) is 0.888. The number of aliphatic imine (C=N–C) groups is 1. The van der Waals surface area contributed by atoms with E-state index < -0.39 is 57.2 Å². The number of β-lactam (4-membered cyclic amide) rings is 1. The summed E-state index contributed by atoms with van der Waals surface area (Å²) in [6.45, 7) is 3.99. The Balaban J connectivity index is 1.34. The van der Waals surface area contributed by atoms with Crippen LogP contribution in [0.1, 0.15) is 76.1 Å². The molecule has 2 fully saturated rings. The van der Waals surface area contributed by atoms with Crippen molar-refractivity contribution in [2.45, 2.75) is 101 Å². The molecule has 1 saturated carbocycles. The van der Waals surface area contributed by atoms with Gasteiger partial charge in [0.2, 0.25) is 0 Å². The molecule has 9 N–H and O–H groups in total. The lowest BCUT2D eigenvalue weighted by molar-refractivity contribution is -0.218. The quantitative estimate of drug-likeness (QED) is 0.0467. The Morgan fingerprint density at radius 1 is 1.22 bits per heavy atom. The molecule has 0 radical (unpaired) electrons. The number of hydroxylamine groups is 2. The highest BCUT2D eigenvalue weighted by Crippen LogP contribution is 2.35. The van der Waals surface area contributed by atoms with Gasteiger partial charge in [0.1, 0.15) is 23.3 Å². The van der Waals surface area contributed by atoms with E-state index in [2.05, 4.69) is 19.7 Å². The first-order chi connectivity index (χ1) is 23.4. The average molecular weight is 737 g/mol. The maximum Gasteiger partial charge on any atom is 0.418 e. The van der Waals surface area contributed by atoms with Gasteiger partial charge >= 0.3 is 16.4 Å². The molecule has 2 aliphatic heterocycles. The van der Waals surface area contributed by atoms with E-state index in [9.17, 15) is 27.9 Å². The summed E-state index contributed by atoms with van der Waals surface area (Å²) in [4.78, 5) is 53.2. The second-order valence-corrected chi connectivity index (χ2v) is 15.0. The molecule has 3 aliphatic rings. The predicted molar refractivity (Wildman–Crippen MR) is 180 cm³/mol. The van der Waals surface area contributed by atoms with Gasteiger partial charge in [-0.25, -0.2) is 9.78 Å². The minimum absolute atomic E-state index is 0.0602. The van der Waals surface area contributed by atoms with E-state index in [1.54, 1.807) is 12.1 Å². The van der Waals surface area contributed by atoms with Crippen LogP contribution in [-0.2, 0) is 40.3 Å². The van der Waals surface area contributed by atoms with Crippen LogP contribution in [0.4, 0.5) is 5.13 Å². The van der Waals surface area contributed by atoms with Gasteiger partial charge in [0, 0.05) is 17.0 Å². The van der Waals surface area contributed by atoms with Gasteiger partial charge < -0.3 is 37.2 Å². The number of carboxylic acid groups (broad SMARTS) is 1. The minimum Gasteiger partial charge on any atom is -0.485 e. The number of fused-ring (bicyclic) bond motifs is 1. The normalized spacial score (nSPS) is 25.3. The van der Waals surface area contributed by atoms with Crippen molar-refractivity contribution in [1.82, 2.24) is 15.4 Å². The van der Waals surface area contributed by atoms with Gasteiger partial charge in [-0.1, -0.05) is 5.16 Å². The summed E-state index contributed by atoms with van der Waals surface area (Å²) in [7, 11) is -5.03. The van der Waals surface area contributed by atoms with Crippen molar-refractivity contribution in [3.8, 4) is 5.75 Å². The number of aliphatic carboxylic acids is 1. The van der Waals surface area contributed by atoms with Gasteiger partial charge in [0.25, 0.3) is 17.4 Å². The van der Waals surface area contributed by atoms with Crippen LogP contribution < -0.4 is 27.3 Å². The summed E-state index contributed by atoms with van der Waals surface area (Å²) in [5.41, 5.74) is 15.6. The molecule has 18 nitrogen and oxygen atoms in total. The molecule has 272 valence electrons. The number of rotatable bonds is 11. The summed E-state index contributed by atoms with van der Waals surface area (Å²) >= 11 is 0.967. The standard InChI is InChI=1S/C30H40N8O10S2/c1-29(2)23(26(40)38(29)48-50(43,44)45)36-25(39)22(19-14-49-28(33)35-19)37-47-30(3,27(41)42)21-12-8-15-13-16(7-11-20(15)46-21)24(32)34-18-6-4-5-17(31)9-10-18/h7,11,13-14,17-18,21,23H,4-6,8-10,12,31H2,1-3H3,(H2,32,34)(H2,33,35)(H,36,39)(H,41,42)(H,43,44,45)/t17-,18+,21?,23?,30?/m1/s1. The molecule has 2 aromatic rings. The maximum absolute atomic E-state index is 13.5. The van der Waals surface area contributed by atoms with Gasteiger partial charge in [-0.3, -0.25) is 19.1 Å². The lowest BCUT2D eigenvalue weighted by atomic mass is 9.84. The van der Waals surface area contributed by atoms with Crippen LogP contribution in [0.15, 0.2) is 33.7 Å². The Morgan fingerprint density at radius 2 is 1.96 bits per heavy atom. The zero-order valence-electron chi connectivity index (χ0n) is 27.6. The molecule has 5 atom stereocenters. The van der Waals surface area contributed by atoms with Crippen molar-refractivity contribution >= 4 is 56.2 Å². The molecule has 3 unspecified atom stereocenters. The maximum atomic E-state index is 13.5. The van der Waals surface area contributed by atoms with Crippen molar-refractivity contribution in [3.63, 3.8) is 0 Å². The molecule has 50 heavy (non-hydrogen) atoms. The van der Waals surface area contributed by atoms with E-state index in [1.165, 1.54) is 26.2 Å². The molecule has 1 aromatic heterocycles. The van der Waals surface area contributed by atoms with Gasteiger partial charge in [-0.05, 0) is 89.5 Å². The highest BCUT2D eigenvalue weighted by atomic mass is 32.3. The van der Waals surface area contributed by atoms with Crippen LogP contribution in [0.3, 0.4) is 0 Å². The van der Waals surface area contributed by atoms with Crippen LogP contribution in [-0.4, -0.2) is 92.8 Å². The van der Waals surface area contributed by atoms with E-state index in [-0.39, 0.29) is 29.3 Å². The van der Waals surface area contributed by atoms with E-state index >= 15 is 0 Å². The monoisotopic (exact) mass is 736 g/mol. The molecule has 20 heteroatoms.